The monoisotopic (exact) mass is 347 g/mol. The SMILES string of the molecule is O=C(Cc1cccc2cccnc12)N[C@H]1CCCN(c2ncccn2)C1. The van der Waals surface area contributed by atoms with Gasteiger partial charge in [0, 0.05) is 43.1 Å². The summed E-state index contributed by atoms with van der Waals surface area (Å²) in [6.07, 6.45) is 7.59. The zero-order valence-corrected chi connectivity index (χ0v) is 14.5. The Bertz CT molecular complexity index is 894. The number of nitrogens with one attached hydrogen (secondary N) is 1. The highest BCUT2D eigenvalue weighted by Gasteiger charge is 2.23. The minimum absolute atomic E-state index is 0.0315. The number of hydrogen-bond donors (Lipinski definition) is 1. The molecule has 1 aliphatic rings. The van der Waals surface area contributed by atoms with Gasteiger partial charge in [-0.3, -0.25) is 9.78 Å². The van der Waals surface area contributed by atoms with Gasteiger partial charge in [0.1, 0.15) is 0 Å². The van der Waals surface area contributed by atoms with Gasteiger partial charge in [0.2, 0.25) is 11.9 Å². The molecule has 4 rings (SSSR count). The molecule has 1 aliphatic heterocycles. The molecule has 0 saturated carbocycles. The first-order chi connectivity index (χ1) is 12.8. The maximum absolute atomic E-state index is 12.6. The molecule has 0 unspecified atom stereocenters. The molecule has 3 aromatic rings. The first-order valence-electron chi connectivity index (χ1n) is 8.93. The highest BCUT2D eigenvalue weighted by molar-refractivity contribution is 5.87. The number of carbonyl (C=O) groups is 1. The van der Waals surface area contributed by atoms with Crippen molar-refractivity contribution in [3.05, 3.63) is 60.6 Å². The van der Waals surface area contributed by atoms with Gasteiger partial charge in [-0.25, -0.2) is 9.97 Å². The average Bonchev–Trinajstić information content (AvgIpc) is 2.69. The van der Waals surface area contributed by atoms with Crippen LogP contribution >= 0.6 is 0 Å². The smallest absolute Gasteiger partial charge is 0.225 e. The summed E-state index contributed by atoms with van der Waals surface area (Å²) < 4.78 is 0. The van der Waals surface area contributed by atoms with Crippen molar-refractivity contribution in [1.29, 1.82) is 0 Å². The fourth-order valence-electron chi connectivity index (χ4n) is 3.49. The number of fused-ring (bicyclic) bond motifs is 1. The van der Waals surface area contributed by atoms with Crippen LogP contribution in [0.3, 0.4) is 0 Å². The van der Waals surface area contributed by atoms with Crippen LogP contribution in [0.5, 0.6) is 0 Å². The second-order valence-electron chi connectivity index (χ2n) is 6.57. The van der Waals surface area contributed by atoms with E-state index in [1.807, 2.05) is 36.4 Å². The van der Waals surface area contributed by atoms with E-state index in [0.29, 0.717) is 6.42 Å². The van der Waals surface area contributed by atoms with E-state index in [1.54, 1.807) is 18.6 Å². The maximum Gasteiger partial charge on any atom is 0.225 e. The first kappa shape index (κ1) is 16.4. The molecule has 3 heterocycles. The van der Waals surface area contributed by atoms with Gasteiger partial charge >= 0.3 is 0 Å². The zero-order chi connectivity index (χ0) is 17.8. The zero-order valence-electron chi connectivity index (χ0n) is 14.5. The number of anilines is 1. The summed E-state index contributed by atoms with van der Waals surface area (Å²) in [4.78, 5) is 27.8. The molecule has 0 bridgehead atoms. The number of aromatic nitrogens is 3. The molecule has 6 nitrogen and oxygen atoms in total. The predicted molar refractivity (Wildman–Crippen MR) is 101 cm³/mol. The Hall–Kier alpha value is -3.02. The summed E-state index contributed by atoms with van der Waals surface area (Å²) >= 11 is 0. The largest absolute Gasteiger partial charge is 0.351 e. The Kier molecular flexibility index (Phi) is 4.73. The molecule has 0 spiro atoms. The van der Waals surface area contributed by atoms with E-state index in [2.05, 4.69) is 25.2 Å². The van der Waals surface area contributed by atoms with Gasteiger partial charge < -0.3 is 10.2 Å². The Balaban J connectivity index is 1.41. The van der Waals surface area contributed by atoms with Crippen molar-refractivity contribution in [2.24, 2.45) is 0 Å². The van der Waals surface area contributed by atoms with Crippen molar-refractivity contribution < 1.29 is 4.79 Å². The number of carbonyl (C=O) groups excluding carboxylic acids is 1. The standard InChI is InChI=1S/C20H21N5O/c26-18(13-16-6-1-5-15-7-2-9-21-19(15)16)24-17-8-3-12-25(14-17)20-22-10-4-11-23-20/h1-2,4-7,9-11,17H,3,8,12-14H2,(H,24,26)/t17-/m0/s1. The van der Waals surface area contributed by atoms with E-state index >= 15 is 0 Å². The van der Waals surface area contributed by atoms with Gasteiger partial charge in [-0.1, -0.05) is 24.3 Å². The molecule has 1 atom stereocenters. The summed E-state index contributed by atoms with van der Waals surface area (Å²) in [5.74, 6) is 0.758. The van der Waals surface area contributed by atoms with Crippen LogP contribution in [0.15, 0.2) is 55.0 Å². The number of rotatable bonds is 4. The molecule has 26 heavy (non-hydrogen) atoms. The van der Waals surface area contributed by atoms with E-state index < -0.39 is 0 Å². The minimum Gasteiger partial charge on any atom is -0.351 e. The molecular formula is C20H21N5O. The number of nitrogens with zero attached hydrogens (tertiary/aromatic N) is 4. The third-order valence-electron chi connectivity index (χ3n) is 4.69. The van der Waals surface area contributed by atoms with Crippen molar-refractivity contribution in [3.63, 3.8) is 0 Å². The Morgan fingerprint density at radius 2 is 1.88 bits per heavy atom. The van der Waals surface area contributed by atoms with Crippen LogP contribution in [-0.2, 0) is 11.2 Å². The molecule has 2 aromatic heterocycles. The lowest BCUT2D eigenvalue weighted by Crippen LogP contribution is -2.48. The Morgan fingerprint density at radius 3 is 2.77 bits per heavy atom. The third-order valence-corrected chi connectivity index (χ3v) is 4.69. The quantitative estimate of drug-likeness (QED) is 0.784. The van der Waals surface area contributed by atoms with Crippen molar-refractivity contribution in [1.82, 2.24) is 20.3 Å². The van der Waals surface area contributed by atoms with Crippen LogP contribution in [0.1, 0.15) is 18.4 Å². The highest BCUT2D eigenvalue weighted by atomic mass is 16.1. The van der Waals surface area contributed by atoms with E-state index in [4.69, 9.17) is 0 Å². The van der Waals surface area contributed by atoms with Crippen LogP contribution in [-0.4, -0.2) is 40.0 Å². The lowest BCUT2D eigenvalue weighted by Gasteiger charge is -2.33. The molecule has 0 aliphatic carbocycles. The van der Waals surface area contributed by atoms with Crippen molar-refractivity contribution in [2.75, 3.05) is 18.0 Å². The van der Waals surface area contributed by atoms with Gasteiger partial charge in [-0.2, -0.15) is 0 Å². The third kappa shape index (κ3) is 3.64. The van der Waals surface area contributed by atoms with Crippen molar-refractivity contribution >= 4 is 22.8 Å². The first-order valence-corrected chi connectivity index (χ1v) is 8.93. The molecular weight excluding hydrogens is 326 g/mol. The predicted octanol–water partition coefficient (Wildman–Crippen LogP) is 2.35. The summed E-state index contributed by atoms with van der Waals surface area (Å²) in [6.45, 7) is 1.66. The average molecular weight is 347 g/mol. The molecule has 132 valence electrons. The molecule has 0 radical (unpaired) electrons. The summed E-state index contributed by atoms with van der Waals surface area (Å²) in [7, 11) is 0. The lowest BCUT2D eigenvalue weighted by molar-refractivity contribution is -0.121. The Labute approximate surface area is 152 Å². The van der Waals surface area contributed by atoms with E-state index in [9.17, 15) is 4.79 Å². The van der Waals surface area contributed by atoms with Crippen LogP contribution in [0.2, 0.25) is 0 Å². The second-order valence-corrected chi connectivity index (χ2v) is 6.57. The molecule has 1 fully saturated rings. The molecule has 1 saturated heterocycles. The van der Waals surface area contributed by atoms with E-state index in [1.165, 1.54) is 0 Å². The number of pyridine rings is 1. The Morgan fingerprint density at radius 1 is 1.08 bits per heavy atom. The van der Waals surface area contributed by atoms with Gasteiger partial charge in [-0.15, -0.1) is 0 Å². The number of piperidine rings is 1. The normalized spacial score (nSPS) is 17.2. The van der Waals surface area contributed by atoms with Crippen LogP contribution in [0.25, 0.3) is 10.9 Å². The number of amides is 1. The fraction of sp³-hybridized carbons (Fsp3) is 0.300. The summed E-state index contributed by atoms with van der Waals surface area (Å²) in [5, 5.41) is 4.23. The molecule has 1 N–H and O–H groups in total. The summed E-state index contributed by atoms with van der Waals surface area (Å²) in [5.41, 5.74) is 1.85. The molecule has 1 amide bonds. The van der Waals surface area contributed by atoms with Crippen molar-refractivity contribution in [2.45, 2.75) is 25.3 Å². The van der Waals surface area contributed by atoms with Crippen LogP contribution < -0.4 is 10.2 Å². The van der Waals surface area contributed by atoms with Crippen LogP contribution in [0.4, 0.5) is 5.95 Å². The second kappa shape index (κ2) is 7.47. The number of benzene rings is 1. The van der Waals surface area contributed by atoms with Gasteiger partial charge in [0.15, 0.2) is 0 Å². The maximum atomic E-state index is 12.6. The summed E-state index contributed by atoms with van der Waals surface area (Å²) in [6, 6.07) is 11.8. The fourth-order valence-corrected chi connectivity index (χ4v) is 3.49. The van der Waals surface area contributed by atoms with E-state index in [0.717, 1.165) is 48.3 Å². The van der Waals surface area contributed by atoms with Gasteiger partial charge in [0.25, 0.3) is 0 Å². The van der Waals surface area contributed by atoms with E-state index in [-0.39, 0.29) is 11.9 Å². The molecule has 6 heteroatoms. The topological polar surface area (TPSA) is 71.0 Å². The van der Waals surface area contributed by atoms with Crippen molar-refractivity contribution in [3.8, 4) is 0 Å². The van der Waals surface area contributed by atoms with Gasteiger partial charge in [-0.05, 0) is 30.5 Å². The van der Waals surface area contributed by atoms with Crippen LogP contribution in [0, 0.1) is 0 Å². The minimum atomic E-state index is 0.0315. The number of para-hydroxylation sites is 1. The number of hydrogen-bond acceptors (Lipinski definition) is 5. The lowest BCUT2D eigenvalue weighted by atomic mass is 10.0. The van der Waals surface area contributed by atoms with Gasteiger partial charge in [0.05, 0.1) is 11.9 Å². The highest BCUT2D eigenvalue weighted by Crippen LogP contribution is 2.18. The molecule has 1 aromatic carbocycles.